The zero-order valence-electron chi connectivity index (χ0n) is 13.3. The molecule has 0 fully saturated rings. The Kier molecular flexibility index (Phi) is 5.67. The minimum Gasteiger partial charge on any atom is -0.371 e. The van der Waals surface area contributed by atoms with Crippen molar-refractivity contribution in [2.24, 2.45) is 0 Å². The Balaban J connectivity index is 3.18. The summed E-state index contributed by atoms with van der Waals surface area (Å²) in [6.45, 7) is 4.83. The minimum absolute atomic E-state index is 0.0632. The summed E-state index contributed by atoms with van der Waals surface area (Å²) in [5.74, 6) is -0.356. The van der Waals surface area contributed by atoms with Crippen molar-refractivity contribution in [1.29, 1.82) is 0 Å². The number of carbonyl (C=O) groups excluding carboxylic acids is 1. The van der Waals surface area contributed by atoms with Gasteiger partial charge in [0.15, 0.2) is 0 Å². The molecule has 0 saturated carbocycles. The highest BCUT2D eigenvalue weighted by Crippen LogP contribution is 2.27. The number of sulfonamides is 1. The molecule has 1 aromatic carbocycles. The number of anilines is 1. The molecule has 0 unspecified atom stereocenters. The maximum Gasteiger partial charge on any atom is 0.293 e. The van der Waals surface area contributed by atoms with Gasteiger partial charge >= 0.3 is 0 Å². The number of nitrogens with zero attached hydrogens (tertiary/aromatic N) is 1. The van der Waals surface area contributed by atoms with Gasteiger partial charge in [-0.3, -0.25) is 14.9 Å². The maximum absolute atomic E-state index is 12.2. The van der Waals surface area contributed by atoms with Crippen LogP contribution in [0.4, 0.5) is 11.4 Å². The molecule has 0 aliphatic heterocycles. The number of nitro groups is 1. The fourth-order valence-corrected chi connectivity index (χ4v) is 3.14. The quantitative estimate of drug-likeness (QED) is 0.517. The van der Waals surface area contributed by atoms with Crippen LogP contribution in [0.2, 0.25) is 0 Å². The van der Waals surface area contributed by atoms with E-state index in [4.69, 9.17) is 0 Å². The molecular formula is C13H20N4O5S. The highest BCUT2D eigenvalue weighted by molar-refractivity contribution is 7.89. The van der Waals surface area contributed by atoms with Crippen molar-refractivity contribution in [3.05, 3.63) is 28.3 Å². The smallest absolute Gasteiger partial charge is 0.293 e. The third-order valence-electron chi connectivity index (χ3n) is 2.63. The Morgan fingerprint density at radius 3 is 2.39 bits per heavy atom. The second kappa shape index (κ2) is 6.92. The van der Waals surface area contributed by atoms with E-state index in [0.717, 1.165) is 6.07 Å². The van der Waals surface area contributed by atoms with Crippen LogP contribution in [-0.2, 0) is 14.8 Å². The molecule has 9 nitrogen and oxygen atoms in total. The van der Waals surface area contributed by atoms with Crippen LogP contribution in [0.5, 0.6) is 0 Å². The van der Waals surface area contributed by atoms with Crippen LogP contribution in [0.1, 0.15) is 20.8 Å². The van der Waals surface area contributed by atoms with Crippen LogP contribution in [-0.4, -0.2) is 38.4 Å². The normalized spacial score (nSPS) is 11.8. The van der Waals surface area contributed by atoms with E-state index in [9.17, 15) is 23.3 Å². The van der Waals surface area contributed by atoms with E-state index in [0.29, 0.717) is 0 Å². The van der Waals surface area contributed by atoms with Gasteiger partial charge in [-0.2, -0.15) is 0 Å². The molecular weight excluding hydrogens is 324 g/mol. The van der Waals surface area contributed by atoms with Crippen molar-refractivity contribution in [3.63, 3.8) is 0 Å². The van der Waals surface area contributed by atoms with E-state index in [1.165, 1.54) is 19.2 Å². The fraction of sp³-hybridized carbons (Fsp3) is 0.462. The topological polar surface area (TPSA) is 130 Å². The predicted octanol–water partition coefficient (Wildman–Crippen LogP) is 0.830. The highest BCUT2D eigenvalue weighted by Gasteiger charge is 2.25. The second-order valence-electron chi connectivity index (χ2n) is 5.82. The highest BCUT2D eigenvalue weighted by atomic mass is 32.2. The molecule has 1 amide bonds. The van der Waals surface area contributed by atoms with Gasteiger partial charge in [0.1, 0.15) is 5.69 Å². The van der Waals surface area contributed by atoms with Gasteiger partial charge in [-0.05, 0) is 32.9 Å². The molecule has 0 saturated heterocycles. The van der Waals surface area contributed by atoms with Crippen molar-refractivity contribution in [3.8, 4) is 0 Å². The maximum atomic E-state index is 12.2. The van der Waals surface area contributed by atoms with Crippen molar-refractivity contribution in [2.45, 2.75) is 31.2 Å². The van der Waals surface area contributed by atoms with Crippen molar-refractivity contribution in [2.75, 3.05) is 18.9 Å². The summed E-state index contributed by atoms with van der Waals surface area (Å²) in [6.07, 6.45) is 0. The molecule has 0 heterocycles. The van der Waals surface area contributed by atoms with E-state index >= 15 is 0 Å². The van der Waals surface area contributed by atoms with Gasteiger partial charge in [0.05, 0.1) is 16.4 Å². The summed E-state index contributed by atoms with van der Waals surface area (Å²) in [7, 11) is -2.45. The number of rotatable bonds is 6. The van der Waals surface area contributed by atoms with Gasteiger partial charge in [0.2, 0.25) is 15.9 Å². The van der Waals surface area contributed by atoms with Gasteiger partial charge in [-0.15, -0.1) is 0 Å². The molecule has 0 spiro atoms. The van der Waals surface area contributed by atoms with Gasteiger partial charge < -0.3 is 10.6 Å². The lowest BCUT2D eigenvalue weighted by Crippen LogP contribution is -2.40. The molecule has 0 bridgehead atoms. The number of carbonyl (C=O) groups is 1. The standard InChI is InChI=1S/C13H20N4O5S/c1-13(2,3)16-23(21,22)9-5-6-10(11(7-9)17(19)20)15-8-12(18)14-4/h5-7,15-16H,8H2,1-4H3,(H,14,18). The minimum atomic E-state index is -3.89. The Morgan fingerprint density at radius 2 is 1.91 bits per heavy atom. The first-order valence-corrected chi connectivity index (χ1v) is 8.21. The van der Waals surface area contributed by atoms with Crippen LogP contribution >= 0.6 is 0 Å². The van der Waals surface area contributed by atoms with Crippen LogP contribution in [0.25, 0.3) is 0 Å². The zero-order chi connectivity index (χ0) is 17.8. The molecule has 23 heavy (non-hydrogen) atoms. The van der Waals surface area contributed by atoms with Crippen LogP contribution in [0.3, 0.4) is 0 Å². The van der Waals surface area contributed by atoms with Crippen molar-refractivity contribution in [1.82, 2.24) is 10.0 Å². The third kappa shape index (κ3) is 5.49. The summed E-state index contributed by atoms with van der Waals surface area (Å²) < 4.78 is 26.9. The van der Waals surface area contributed by atoms with E-state index in [2.05, 4.69) is 15.4 Å². The predicted molar refractivity (Wildman–Crippen MR) is 85.7 cm³/mol. The Morgan fingerprint density at radius 1 is 1.30 bits per heavy atom. The Hall–Kier alpha value is -2.20. The molecule has 0 aromatic heterocycles. The van der Waals surface area contributed by atoms with E-state index in [-0.39, 0.29) is 23.0 Å². The lowest BCUT2D eigenvalue weighted by atomic mass is 10.1. The summed E-state index contributed by atoms with van der Waals surface area (Å²) in [6, 6.07) is 3.46. The monoisotopic (exact) mass is 344 g/mol. The first-order chi connectivity index (χ1) is 10.5. The molecule has 0 radical (unpaired) electrons. The summed E-state index contributed by atoms with van der Waals surface area (Å²) in [5, 5.41) is 16.1. The first kappa shape index (κ1) is 18.8. The van der Waals surface area contributed by atoms with Crippen LogP contribution in [0.15, 0.2) is 23.1 Å². The number of nitrogens with one attached hydrogen (secondary N) is 3. The van der Waals surface area contributed by atoms with E-state index in [1.807, 2.05) is 0 Å². The average Bonchev–Trinajstić information content (AvgIpc) is 2.41. The van der Waals surface area contributed by atoms with Gasteiger partial charge in [-0.1, -0.05) is 0 Å². The fourth-order valence-electron chi connectivity index (χ4n) is 1.71. The van der Waals surface area contributed by atoms with E-state index in [1.54, 1.807) is 20.8 Å². The Bertz CT molecular complexity index is 710. The van der Waals surface area contributed by atoms with Crippen molar-refractivity contribution >= 4 is 27.3 Å². The largest absolute Gasteiger partial charge is 0.371 e. The molecule has 3 N–H and O–H groups in total. The lowest BCUT2D eigenvalue weighted by Gasteiger charge is -2.20. The van der Waals surface area contributed by atoms with Gasteiger partial charge in [0, 0.05) is 18.7 Å². The number of hydrogen-bond acceptors (Lipinski definition) is 6. The molecule has 10 heteroatoms. The molecule has 1 rings (SSSR count). The summed E-state index contributed by atoms with van der Waals surface area (Å²) in [4.78, 5) is 21.4. The number of likely N-dealkylation sites (N-methyl/N-ethyl adjacent to an activating group) is 1. The average molecular weight is 344 g/mol. The molecule has 0 aliphatic rings. The second-order valence-corrected chi connectivity index (χ2v) is 7.50. The molecule has 0 atom stereocenters. The third-order valence-corrected chi connectivity index (χ3v) is 4.39. The Labute approximate surface area is 134 Å². The molecule has 0 aliphatic carbocycles. The number of hydrogen-bond donors (Lipinski definition) is 3. The van der Waals surface area contributed by atoms with Crippen LogP contribution < -0.4 is 15.4 Å². The lowest BCUT2D eigenvalue weighted by molar-refractivity contribution is -0.384. The number of benzene rings is 1. The van der Waals surface area contributed by atoms with E-state index < -0.39 is 26.2 Å². The zero-order valence-corrected chi connectivity index (χ0v) is 14.2. The molecule has 1 aromatic rings. The molecule has 128 valence electrons. The van der Waals surface area contributed by atoms with Crippen molar-refractivity contribution < 1.29 is 18.1 Å². The van der Waals surface area contributed by atoms with Gasteiger partial charge in [-0.25, -0.2) is 13.1 Å². The summed E-state index contributed by atoms with van der Waals surface area (Å²) in [5.41, 5.74) is -1.08. The number of amides is 1. The summed E-state index contributed by atoms with van der Waals surface area (Å²) >= 11 is 0. The number of nitro benzene ring substituents is 1. The SMILES string of the molecule is CNC(=O)CNc1ccc(S(=O)(=O)NC(C)(C)C)cc1[N+](=O)[O-]. The van der Waals surface area contributed by atoms with Crippen LogP contribution in [0, 0.1) is 10.1 Å². The van der Waals surface area contributed by atoms with Gasteiger partial charge in [0.25, 0.3) is 5.69 Å². The first-order valence-electron chi connectivity index (χ1n) is 6.73.